The molecule has 1 heterocycles. The highest BCUT2D eigenvalue weighted by Gasteiger charge is 2.30. The van der Waals surface area contributed by atoms with E-state index in [1.54, 1.807) is 51.4 Å². The van der Waals surface area contributed by atoms with E-state index in [1.807, 2.05) is 42.7 Å². The molecular formula is C50H59N3O8. The second-order valence-electron chi connectivity index (χ2n) is 15.9. The van der Waals surface area contributed by atoms with Crippen molar-refractivity contribution in [3.63, 3.8) is 0 Å². The van der Waals surface area contributed by atoms with Crippen LogP contribution >= 0.6 is 0 Å². The topological polar surface area (TPSA) is 177 Å². The number of Topliss-reactive ketones (excluding diaryl/α,β-unsaturated/α-hetero) is 1. The molecule has 6 aromatic rings. The van der Waals surface area contributed by atoms with E-state index >= 15 is 0 Å². The zero-order chi connectivity index (χ0) is 43.5. The molecule has 6 rings (SSSR count). The number of benzene rings is 5. The molecule has 11 nitrogen and oxygen atoms in total. The molecule has 0 bridgehead atoms. The van der Waals surface area contributed by atoms with E-state index in [2.05, 4.69) is 46.8 Å². The van der Waals surface area contributed by atoms with Crippen LogP contribution in [0.5, 0.6) is 28.7 Å². The summed E-state index contributed by atoms with van der Waals surface area (Å²) in [5.41, 5.74) is 7.16. The molecule has 11 heteroatoms. The smallest absolute Gasteiger partial charge is 0.164 e. The molecule has 0 aliphatic rings. The van der Waals surface area contributed by atoms with Crippen LogP contribution in [-0.4, -0.2) is 75.9 Å². The number of hydrogen-bond acceptors (Lipinski definition) is 10. The standard InChI is InChI=1S/C50H59N3O8/c1-5-35-11-12-36-8-6-7-9-41(36)42(35)25-44-37(13-15-46(57)50(44)60-4)23-39(18-33-16-17-52-29-33)47(58)26-48(59)43(38-19-34(28-51-3)20-40(55)24-38)21-32-10-14-45(56)49(22-32)61-30-53-27-31(2)54/h6-17,19-20,22,24,29,31,39,43,47,51-58H,5,18,21,23,25-28,30H2,1-4H3/t31-,39-,43+,47+/m0/s1. The third-order valence-electron chi connectivity index (χ3n) is 11.4. The number of nitrogens with one attached hydrogen (secondary N) is 3. The van der Waals surface area contributed by atoms with Gasteiger partial charge in [-0.25, -0.2) is 0 Å². The number of methoxy groups -OCH3 is 1. The number of carbonyl (C=O) groups is 1. The van der Waals surface area contributed by atoms with Gasteiger partial charge in [0, 0.05) is 49.8 Å². The van der Waals surface area contributed by atoms with Gasteiger partial charge < -0.3 is 45.3 Å². The van der Waals surface area contributed by atoms with Crippen molar-refractivity contribution >= 4 is 16.6 Å². The molecule has 5 aromatic carbocycles. The van der Waals surface area contributed by atoms with Crippen molar-refractivity contribution in [2.75, 3.05) is 27.4 Å². The summed E-state index contributed by atoms with van der Waals surface area (Å²) in [5, 5.41) is 62.7. The van der Waals surface area contributed by atoms with Crippen LogP contribution in [0.2, 0.25) is 0 Å². The first-order valence-electron chi connectivity index (χ1n) is 21.0. The average molecular weight is 830 g/mol. The number of aromatic nitrogens is 1. The van der Waals surface area contributed by atoms with E-state index in [4.69, 9.17) is 9.47 Å². The number of ketones is 1. The van der Waals surface area contributed by atoms with Crippen LogP contribution in [-0.2, 0) is 43.4 Å². The third-order valence-corrected chi connectivity index (χ3v) is 11.4. The van der Waals surface area contributed by atoms with Crippen LogP contribution < -0.4 is 20.1 Å². The van der Waals surface area contributed by atoms with E-state index in [1.165, 1.54) is 11.6 Å². The maximum atomic E-state index is 14.7. The van der Waals surface area contributed by atoms with Crippen molar-refractivity contribution in [1.29, 1.82) is 0 Å². The number of rotatable bonds is 22. The number of H-pyrrole nitrogens is 1. The van der Waals surface area contributed by atoms with Crippen molar-refractivity contribution in [2.45, 2.75) is 77.0 Å². The Labute approximate surface area is 358 Å². The normalized spacial score (nSPS) is 13.5. The molecule has 322 valence electrons. The fraction of sp³-hybridized carbons (Fsp3) is 0.340. The van der Waals surface area contributed by atoms with Gasteiger partial charge in [-0.2, -0.15) is 0 Å². The van der Waals surface area contributed by atoms with Gasteiger partial charge in [-0.05, 0) is 132 Å². The van der Waals surface area contributed by atoms with Gasteiger partial charge in [0.15, 0.2) is 23.0 Å². The Balaban J connectivity index is 1.34. The zero-order valence-electron chi connectivity index (χ0n) is 35.4. The molecule has 0 unspecified atom stereocenters. The van der Waals surface area contributed by atoms with Gasteiger partial charge in [-0.3, -0.25) is 10.1 Å². The number of aliphatic hydroxyl groups excluding tert-OH is 2. The Morgan fingerprint density at radius 2 is 1.61 bits per heavy atom. The van der Waals surface area contributed by atoms with Crippen LogP contribution in [0.25, 0.3) is 10.8 Å². The van der Waals surface area contributed by atoms with Crippen molar-refractivity contribution in [1.82, 2.24) is 15.6 Å². The van der Waals surface area contributed by atoms with Crippen LogP contribution in [0.15, 0.2) is 103 Å². The lowest BCUT2D eigenvalue weighted by molar-refractivity contribution is -0.123. The largest absolute Gasteiger partial charge is 0.508 e. The van der Waals surface area contributed by atoms with Gasteiger partial charge in [-0.1, -0.05) is 61.5 Å². The molecule has 0 fully saturated rings. The van der Waals surface area contributed by atoms with Gasteiger partial charge in [-0.15, -0.1) is 0 Å². The molecular weight excluding hydrogens is 771 g/mol. The van der Waals surface area contributed by atoms with E-state index in [9.17, 15) is 30.3 Å². The molecule has 0 spiro atoms. The maximum absolute atomic E-state index is 14.7. The Kier molecular flexibility index (Phi) is 15.5. The number of aryl methyl sites for hydroxylation is 1. The Hall–Kier alpha value is -5.85. The van der Waals surface area contributed by atoms with Crippen LogP contribution in [0.4, 0.5) is 0 Å². The predicted molar refractivity (Wildman–Crippen MR) is 239 cm³/mol. The number of ether oxygens (including phenoxy) is 2. The first kappa shape index (κ1) is 44.7. The summed E-state index contributed by atoms with van der Waals surface area (Å²) >= 11 is 0. The van der Waals surface area contributed by atoms with Gasteiger partial charge in [0.25, 0.3) is 0 Å². The SMILES string of the molecule is CCc1ccc2ccccc2c1Cc1c(C[C@H](Cc2cc[nH]c2)[C@H](O)CC(=O)[C@H](Cc2ccc(O)c(OCNC[C@H](C)O)c2)c2cc(O)cc(CNC)c2)ccc(O)c1OC. The van der Waals surface area contributed by atoms with E-state index in [-0.39, 0.29) is 48.4 Å². The molecule has 61 heavy (non-hydrogen) atoms. The minimum atomic E-state index is -1.07. The number of phenolic OH excluding ortho intramolecular Hbond substituents is 3. The number of carbonyl (C=O) groups excluding carboxylic acids is 1. The fourth-order valence-corrected chi connectivity index (χ4v) is 8.35. The summed E-state index contributed by atoms with van der Waals surface area (Å²) in [6, 6.07) is 28.1. The lowest BCUT2D eigenvalue weighted by Gasteiger charge is -2.27. The number of fused-ring (bicyclic) bond motifs is 1. The Morgan fingerprint density at radius 3 is 2.34 bits per heavy atom. The van der Waals surface area contributed by atoms with Crippen molar-refractivity contribution in [2.24, 2.45) is 5.92 Å². The molecule has 4 atom stereocenters. The Bertz CT molecular complexity index is 2380. The molecule has 8 N–H and O–H groups in total. The number of aliphatic hydroxyl groups is 2. The molecule has 0 amide bonds. The van der Waals surface area contributed by atoms with Crippen LogP contribution in [0, 0.1) is 5.92 Å². The van der Waals surface area contributed by atoms with E-state index in [0.717, 1.165) is 45.0 Å². The number of phenols is 3. The fourth-order valence-electron chi connectivity index (χ4n) is 8.35. The molecule has 0 saturated heterocycles. The lowest BCUT2D eigenvalue weighted by atomic mass is 9.80. The summed E-state index contributed by atoms with van der Waals surface area (Å²) in [6.07, 6.45) is 4.30. The molecule has 0 saturated carbocycles. The zero-order valence-corrected chi connectivity index (χ0v) is 35.4. The summed E-state index contributed by atoms with van der Waals surface area (Å²) < 4.78 is 11.7. The highest BCUT2D eigenvalue weighted by molar-refractivity contribution is 5.88. The quantitative estimate of drug-likeness (QED) is 0.0258. The predicted octanol–water partition coefficient (Wildman–Crippen LogP) is 7.22. The molecule has 1 aromatic heterocycles. The van der Waals surface area contributed by atoms with Crippen molar-refractivity contribution in [3.05, 3.63) is 148 Å². The molecule has 0 aliphatic carbocycles. The van der Waals surface area contributed by atoms with E-state index in [0.29, 0.717) is 49.2 Å². The van der Waals surface area contributed by atoms with Gasteiger partial charge >= 0.3 is 0 Å². The first-order valence-corrected chi connectivity index (χ1v) is 21.0. The lowest BCUT2D eigenvalue weighted by Crippen LogP contribution is -2.30. The van der Waals surface area contributed by atoms with Crippen molar-refractivity contribution in [3.8, 4) is 28.7 Å². The summed E-state index contributed by atoms with van der Waals surface area (Å²) in [6.45, 7) is 4.62. The molecule has 0 aliphatic heterocycles. The van der Waals surface area contributed by atoms with Crippen molar-refractivity contribution < 1.29 is 39.8 Å². The third kappa shape index (κ3) is 11.5. The van der Waals surface area contributed by atoms with Gasteiger partial charge in [0.1, 0.15) is 18.3 Å². The summed E-state index contributed by atoms with van der Waals surface area (Å²) in [4.78, 5) is 17.9. The highest BCUT2D eigenvalue weighted by atomic mass is 16.5. The molecule has 0 radical (unpaired) electrons. The monoisotopic (exact) mass is 829 g/mol. The van der Waals surface area contributed by atoms with Crippen LogP contribution in [0.1, 0.15) is 70.7 Å². The second-order valence-corrected chi connectivity index (χ2v) is 15.9. The van der Waals surface area contributed by atoms with Crippen LogP contribution in [0.3, 0.4) is 0 Å². The number of hydrogen-bond donors (Lipinski definition) is 8. The number of aromatic hydroxyl groups is 3. The number of aromatic amines is 1. The van der Waals surface area contributed by atoms with E-state index < -0.39 is 24.0 Å². The average Bonchev–Trinajstić information content (AvgIpc) is 3.76. The summed E-state index contributed by atoms with van der Waals surface area (Å²) in [7, 11) is 3.36. The summed E-state index contributed by atoms with van der Waals surface area (Å²) in [5.74, 6) is -0.810. The minimum absolute atomic E-state index is 0.0246. The first-order chi connectivity index (χ1) is 29.5. The second kappa shape index (κ2) is 21.1. The van der Waals surface area contributed by atoms with Gasteiger partial charge in [0.2, 0.25) is 0 Å². The minimum Gasteiger partial charge on any atom is -0.508 e. The Morgan fingerprint density at radius 1 is 0.820 bits per heavy atom. The van der Waals surface area contributed by atoms with Gasteiger partial charge in [0.05, 0.1) is 19.3 Å². The maximum Gasteiger partial charge on any atom is 0.164 e. The highest BCUT2D eigenvalue weighted by Crippen LogP contribution is 2.39.